The smallest absolute Gasteiger partial charge is 0.407 e. The third-order valence-electron chi connectivity index (χ3n) is 3.41. The normalized spacial score (nSPS) is 11.2. The maximum absolute atomic E-state index is 11.8. The Morgan fingerprint density at radius 3 is 2.36 bits per heavy atom. The van der Waals surface area contributed by atoms with Crippen molar-refractivity contribution in [2.45, 2.75) is 65.1 Å². The summed E-state index contributed by atoms with van der Waals surface area (Å²) in [7, 11) is 0. The Kier molecular flexibility index (Phi) is 9.85. The highest BCUT2D eigenvalue weighted by Crippen LogP contribution is 2.07. The van der Waals surface area contributed by atoms with Crippen LogP contribution in [0.4, 0.5) is 4.79 Å². The maximum Gasteiger partial charge on any atom is 0.407 e. The first kappa shape index (κ1) is 21.2. The number of amides is 1. The Morgan fingerprint density at radius 2 is 1.68 bits per heavy atom. The lowest BCUT2D eigenvalue weighted by Crippen LogP contribution is -2.33. The summed E-state index contributed by atoms with van der Waals surface area (Å²) >= 11 is 0. The fourth-order valence-corrected chi connectivity index (χ4v) is 2.21. The number of benzene rings is 1. The molecule has 0 radical (unpaired) electrons. The monoisotopic (exact) mass is 349 g/mol. The average Bonchev–Trinajstić information content (AvgIpc) is 2.53. The molecule has 1 aromatic rings. The molecule has 0 heterocycles. The first-order chi connectivity index (χ1) is 11.9. The number of carbonyl (C=O) groups excluding carboxylic acids is 2. The van der Waals surface area contributed by atoms with Gasteiger partial charge >= 0.3 is 6.09 Å². The first-order valence-corrected chi connectivity index (χ1v) is 8.97. The van der Waals surface area contributed by atoms with Gasteiger partial charge in [0, 0.05) is 26.0 Å². The van der Waals surface area contributed by atoms with Crippen molar-refractivity contribution in [1.82, 2.24) is 5.32 Å². The molecule has 1 rings (SSSR count). The molecule has 0 aliphatic carbocycles. The number of unbranched alkanes of at least 4 members (excludes halogenated alkanes) is 1. The zero-order valence-electron chi connectivity index (χ0n) is 15.7. The first-order valence-electron chi connectivity index (χ1n) is 8.97. The molecular weight excluding hydrogens is 318 g/mol. The average molecular weight is 349 g/mol. The molecule has 0 aliphatic rings. The number of hydrogen-bond donors (Lipinski definition) is 1. The molecule has 0 fully saturated rings. The highest BCUT2D eigenvalue weighted by Gasteiger charge is 2.15. The van der Waals surface area contributed by atoms with Crippen molar-refractivity contribution >= 4 is 11.9 Å². The summed E-state index contributed by atoms with van der Waals surface area (Å²) in [5.74, 6) is 0.251. The summed E-state index contributed by atoms with van der Waals surface area (Å²) in [6, 6.07) is 10.00. The van der Waals surface area contributed by atoms with E-state index < -0.39 is 11.7 Å². The lowest BCUT2D eigenvalue weighted by Gasteiger charge is -2.19. The van der Waals surface area contributed by atoms with Crippen molar-refractivity contribution < 1.29 is 19.1 Å². The fourth-order valence-electron chi connectivity index (χ4n) is 2.21. The van der Waals surface area contributed by atoms with Gasteiger partial charge in [-0.2, -0.15) is 0 Å². The summed E-state index contributed by atoms with van der Waals surface area (Å²) < 4.78 is 10.7. The zero-order chi connectivity index (χ0) is 18.5. The lowest BCUT2D eigenvalue weighted by atomic mass is 10.1. The van der Waals surface area contributed by atoms with Gasteiger partial charge in [-0.15, -0.1) is 0 Å². The Labute approximate surface area is 151 Å². The van der Waals surface area contributed by atoms with Gasteiger partial charge in [-0.25, -0.2) is 4.79 Å². The third-order valence-corrected chi connectivity index (χ3v) is 3.41. The van der Waals surface area contributed by atoms with E-state index in [2.05, 4.69) is 5.32 Å². The quantitative estimate of drug-likeness (QED) is 0.607. The molecule has 0 saturated heterocycles. The van der Waals surface area contributed by atoms with Crippen molar-refractivity contribution in [2.24, 2.45) is 0 Å². The molecule has 1 N–H and O–H groups in total. The van der Waals surface area contributed by atoms with Crippen LogP contribution in [0.15, 0.2) is 30.3 Å². The molecule has 0 spiro atoms. The van der Waals surface area contributed by atoms with Crippen molar-refractivity contribution in [3.63, 3.8) is 0 Å². The number of Topliss-reactive ketones (excluding diaryl/α,β-unsaturated/α-hetero) is 1. The van der Waals surface area contributed by atoms with E-state index in [4.69, 9.17) is 9.47 Å². The minimum Gasteiger partial charge on any atom is -0.444 e. The molecule has 1 aromatic carbocycles. The van der Waals surface area contributed by atoms with E-state index in [1.807, 2.05) is 51.1 Å². The number of ketones is 1. The van der Waals surface area contributed by atoms with Crippen LogP contribution < -0.4 is 5.32 Å². The summed E-state index contributed by atoms with van der Waals surface area (Å²) in [5.41, 5.74) is 0.661. The third kappa shape index (κ3) is 12.2. The van der Waals surface area contributed by atoms with E-state index >= 15 is 0 Å². The molecular formula is C20H31NO4. The predicted molar refractivity (Wildman–Crippen MR) is 98.4 cm³/mol. The van der Waals surface area contributed by atoms with E-state index in [0.29, 0.717) is 32.6 Å². The molecule has 25 heavy (non-hydrogen) atoms. The van der Waals surface area contributed by atoms with E-state index in [1.165, 1.54) is 0 Å². The van der Waals surface area contributed by atoms with Crippen LogP contribution >= 0.6 is 0 Å². The van der Waals surface area contributed by atoms with E-state index in [9.17, 15) is 9.59 Å². The minimum absolute atomic E-state index is 0.251. The Balaban J connectivity index is 1.94. The Hall–Kier alpha value is -1.88. The van der Waals surface area contributed by atoms with Crippen LogP contribution in [0.5, 0.6) is 0 Å². The highest BCUT2D eigenvalue weighted by molar-refractivity contribution is 5.78. The van der Waals surface area contributed by atoms with Gasteiger partial charge in [0.2, 0.25) is 0 Å². The van der Waals surface area contributed by atoms with Gasteiger partial charge in [0.25, 0.3) is 0 Å². The van der Waals surface area contributed by atoms with Crippen LogP contribution in [0.1, 0.15) is 58.4 Å². The molecule has 0 atom stereocenters. The minimum atomic E-state index is -0.484. The number of hydrogen-bond acceptors (Lipinski definition) is 4. The fraction of sp³-hybridized carbons (Fsp3) is 0.600. The van der Waals surface area contributed by atoms with E-state index in [-0.39, 0.29) is 5.78 Å². The summed E-state index contributed by atoms with van der Waals surface area (Å²) in [6.07, 6.45) is 2.99. The van der Waals surface area contributed by atoms with E-state index in [0.717, 1.165) is 24.8 Å². The molecule has 5 heteroatoms. The summed E-state index contributed by atoms with van der Waals surface area (Å²) in [4.78, 5) is 23.2. The Bertz CT molecular complexity index is 508. The zero-order valence-corrected chi connectivity index (χ0v) is 15.7. The standard InChI is InChI=1S/C20H31NO4/c1-20(2,3)25-19(23)21-14-8-7-12-18(22)13-9-15-24-16-17-10-5-4-6-11-17/h4-6,10-11H,7-9,12-16H2,1-3H3,(H,21,23). The number of ether oxygens (including phenoxy) is 2. The van der Waals surface area contributed by atoms with Gasteiger partial charge in [-0.05, 0) is 45.6 Å². The van der Waals surface area contributed by atoms with Gasteiger partial charge in [0.15, 0.2) is 0 Å². The number of nitrogens with one attached hydrogen (secondary N) is 1. The van der Waals surface area contributed by atoms with Crippen LogP contribution in [-0.4, -0.2) is 30.6 Å². The van der Waals surface area contributed by atoms with Crippen molar-refractivity contribution in [2.75, 3.05) is 13.2 Å². The lowest BCUT2D eigenvalue weighted by molar-refractivity contribution is -0.119. The molecule has 0 aliphatic heterocycles. The van der Waals surface area contributed by atoms with Crippen LogP contribution in [0.3, 0.4) is 0 Å². The molecule has 1 amide bonds. The molecule has 0 saturated carbocycles. The highest BCUT2D eigenvalue weighted by atomic mass is 16.6. The molecule has 0 bridgehead atoms. The number of alkyl carbamates (subject to hydrolysis) is 1. The van der Waals surface area contributed by atoms with Gasteiger partial charge < -0.3 is 14.8 Å². The van der Waals surface area contributed by atoms with Gasteiger partial charge in [-0.1, -0.05) is 30.3 Å². The second kappa shape index (κ2) is 11.6. The molecule has 140 valence electrons. The predicted octanol–water partition coefficient (Wildman–Crippen LogP) is 4.25. The van der Waals surface area contributed by atoms with Gasteiger partial charge in [0.05, 0.1) is 6.61 Å². The topological polar surface area (TPSA) is 64.6 Å². The van der Waals surface area contributed by atoms with Crippen molar-refractivity contribution in [1.29, 1.82) is 0 Å². The van der Waals surface area contributed by atoms with Gasteiger partial charge in [-0.3, -0.25) is 4.79 Å². The number of carbonyl (C=O) groups is 2. The van der Waals surface area contributed by atoms with E-state index in [1.54, 1.807) is 0 Å². The SMILES string of the molecule is CC(C)(C)OC(=O)NCCCCC(=O)CCCOCc1ccccc1. The maximum atomic E-state index is 11.8. The largest absolute Gasteiger partial charge is 0.444 e. The van der Waals surface area contributed by atoms with Crippen LogP contribution in [0, 0.1) is 0 Å². The van der Waals surface area contributed by atoms with Crippen LogP contribution in [0.25, 0.3) is 0 Å². The summed E-state index contributed by atoms with van der Waals surface area (Å²) in [6.45, 7) is 7.20. The number of rotatable bonds is 11. The van der Waals surface area contributed by atoms with Crippen LogP contribution in [0.2, 0.25) is 0 Å². The second-order valence-corrected chi connectivity index (χ2v) is 7.07. The Morgan fingerprint density at radius 1 is 1.00 bits per heavy atom. The van der Waals surface area contributed by atoms with Crippen molar-refractivity contribution in [3.05, 3.63) is 35.9 Å². The molecule has 0 unspecified atom stereocenters. The van der Waals surface area contributed by atoms with Crippen molar-refractivity contribution in [3.8, 4) is 0 Å². The molecule has 5 nitrogen and oxygen atoms in total. The van der Waals surface area contributed by atoms with Crippen LogP contribution in [-0.2, 0) is 20.9 Å². The van der Waals surface area contributed by atoms with Gasteiger partial charge in [0.1, 0.15) is 11.4 Å². The second-order valence-electron chi connectivity index (χ2n) is 7.07. The molecule has 0 aromatic heterocycles. The summed E-state index contributed by atoms with van der Waals surface area (Å²) in [5, 5.41) is 2.70.